The molecule has 0 bridgehead atoms. The van der Waals surface area contributed by atoms with E-state index < -0.39 is 10.0 Å². The molecule has 1 fully saturated rings. The molecule has 0 radical (unpaired) electrons. The number of nitrogens with zero attached hydrogens (tertiary/aromatic N) is 1. The minimum Gasteiger partial charge on any atom is -0.316 e. The van der Waals surface area contributed by atoms with Crippen molar-refractivity contribution in [3.8, 4) is 0 Å². The molecule has 4 nitrogen and oxygen atoms in total. The second-order valence-corrected chi connectivity index (χ2v) is 7.94. The zero-order valence-electron chi connectivity index (χ0n) is 13.2. The van der Waals surface area contributed by atoms with Gasteiger partial charge in [0.25, 0.3) is 0 Å². The molecule has 1 aliphatic rings. The van der Waals surface area contributed by atoms with Gasteiger partial charge in [0, 0.05) is 18.6 Å². The molecule has 0 aliphatic carbocycles. The molecule has 0 spiro atoms. The average molecular weight is 310 g/mol. The van der Waals surface area contributed by atoms with E-state index >= 15 is 0 Å². The Labute approximate surface area is 128 Å². The topological polar surface area (TPSA) is 49.4 Å². The fourth-order valence-corrected chi connectivity index (χ4v) is 5.26. The fourth-order valence-electron chi connectivity index (χ4n) is 3.19. The highest BCUT2D eigenvalue weighted by Crippen LogP contribution is 2.27. The molecular formula is C16H26N2O2S. The van der Waals surface area contributed by atoms with Crippen LogP contribution in [0.5, 0.6) is 0 Å². The Morgan fingerprint density at radius 3 is 2.14 bits per heavy atom. The van der Waals surface area contributed by atoms with E-state index in [0.29, 0.717) is 0 Å². The largest absolute Gasteiger partial charge is 0.316 e. The summed E-state index contributed by atoms with van der Waals surface area (Å²) in [6.45, 7) is 4.83. The monoisotopic (exact) mass is 310 g/mol. The lowest BCUT2D eigenvalue weighted by molar-refractivity contribution is 0.204. The van der Waals surface area contributed by atoms with Crippen LogP contribution < -0.4 is 5.32 Å². The first-order chi connectivity index (χ1) is 9.94. The van der Waals surface area contributed by atoms with Crippen molar-refractivity contribution in [2.24, 2.45) is 0 Å². The van der Waals surface area contributed by atoms with Crippen molar-refractivity contribution in [3.63, 3.8) is 0 Å². The molecule has 118 valence electrons. The van der Waals surface area contributed by atoms with E-state index in [1.54, 1.807) is 4.31 Å². The lowest BCUT2D eigenvalue weighted by atomic mass is 10.0. The number of benzene rings is 1. The second kappa shape index (κ2) is 6.90. The third-order valence-corrected chi connectivity index (χ3v) is 6.25. The number of piperidine rings is 1. The quantitative estimate of drug-likeness (QED) is 0.909. The van der Waals surface area contributed by atoms with Gasteiger partial charge in [0.2, 0.25) is 10.0 Å². The van der Waals surface area contributed by atoms with Crippen LogP contribution in [0.1, 0.15) is 44.2 Å². The molecule has 1 saturated heterocycles. The van der Waals surface area contributed by atoms with Crippen molar-refractivity contribution >= 4 is 10.0 Å². The molecule has 1 aromatic carbocycles. The molecule has 0 aromatic heterocycles. The van der Waals surface area contributed by atoms with Crippen LogP contribution in [-0.2, 0) is 22.3 Å². The summed E-state index contributed by atoms with van der Waals surface area (Å²) in [5.41, 5.74) is 2.03. The molecule has 5 heteroatoms. The van der Waals surface area contributed by atoms with Crippen LogP contribution in [0, 0.1) is 0 Å². The number of hydrogen-bond donors (Lipinski definition) is 1. The van der Waals surface area contributed by atoms with E-state index in [0.717, 1.165) is 31.4 Å². The first-order valence-electron chi connectivity index (χ1n) is 7.67. The maximum Gasteiger partial charge on any atom is 0.218 e. The van der Waals surface area contributed by atoms with Crippen LogP contribution in [0.25, 0.3) is 0 Å². The zero-order chi connectivity index (χ0) is 15.5. The lowest BCUT2D eigenvalue weighted by Crippen LogP contribution is -2.47. The highest BCUT2D eigenvalue weighted by molar-refractivity contribution is 7.88. The molecule has 2 unspecified atom stereocenters. The summed E-state index contributed by atoms with van der Waals surface area (Å²) >= 11 is 0. The highest BCUT2D eigenvalue weighted by atomic mass is 32.2. The van der Waals surface area contributed by atoms with Crippen LogP contribution >= 0.6 is 0 Å². The van der Waals surface area contributed by atoms with Crippen molar-refractivity contribution in [3.05, 3.63) is 35.4 Å². The first-order valence-corrected chi connectivity index (χ1v) is 9.28. The van der Waals surface area contributed by atoms with Gasteiger partial charge in [0.1, 0.15) is 0 Å². The van der Waals surface area contributed by atoms with Gasteiger partial charge in [-0.1, -0.05) is 30.7 Å². The van der Waals surface area contributed by atoms with Gasteiger partial charge in [-0.3, -0.25) is 0 Å². The summed E-state index contributed by atoms with van der Waals surface area (Å²) < 4.78 is 27.1. The van der Waals surface area contributed by atoms with E-state index in [1.165, 1.54) is 5.56 Å². The minimum absolute atomic E-state index is 0.0987. The van der Waals surface area contributed by atoms with Gasteiger partial charge in [-0.15, -0.1) is 0 Å². The molecule has 0 amide bonds. The fraction of sp³-hybridized carbons (Fsp3) is 0.625. The predicted molar refractivity (Wildman–Crippen MR) is 86.4 cm³/mol. The van der Waals surface area contributed by atoms with E-state index in [4.69, 9.17) is 0 Å². The molecule has 1 heterocycles. The average Bonchev–Trinajstić information content (AvgIpc) is 2.40. The number of hydrogen-bond acceptors (Lipinski definition) is 3. The van der Waals surface area contributed by atoms with Gasteiger partial charge in [-0.25, -0.2) is 8.42 Å². The van der Waals surface area contributed by atoms with Crippen molar-refractivity contribution in [2.45, 2.75) is 57.5 Å². The summed E-state index contributed by atoms with van der Waals surface area (Å²) in [6.07, 6.45) is 3.04. The third-order valence-electron chi connectivity index (χ3n) is 4.19. The van der Waals surface area contributed by atoms with Gasteiger partial charge in [0.05, 0.1) is 5.75 Å². The van der Waals surface area contributed by atoms with Crippen molar-refractivity contribution in [2.75, 3.05) is 7.05 Å². The Hall–Kier alpha value is -0.910. The molecule has 1 N–H and O–H groups in total. The van der Waals surface area contributed by atoms with Crippen molar-refractivity contribution in [1.29, 1.82) is 0 Å². The first kappa shape index (κ1) is 16.5. The summed E-state index contributed by atoms with van der Waals surface area (Å²) in [6, 6.07) is 8.05. The normalized spacial score (nSPS) is 24.1. The van der Waals surface area contributed by atoms with Gasteiger partial charge in [0.15, 0.2) is 0 Å². The Bertz CT molecular complexity index is 544. The molecule has 2 atom stereocenters. The van der Waals surface area contributed by atoms with E-state index in [2.05, 4.69) is 5.32 Å². The molecular weight excluding hydrogens is 284 g/mol. The van der Waals surface area contributed by atoms with Crippen LogP contribution in [0.2, 0.25) is 0 Å². The van der Waals surface area contributed by atoms with E-state index in [9.17, 15) is 8.42 Å². The molecule has 1 aromatic rings. The smallest absolute Gasteiger partial charge is 0.218 e. The van der Waals surface area contributed by atoms with Gasteiger partial charge in [-0.2, -0.15) is 4.31 Å². The van der Waals surface area contributed by atoms with Crippen LogP contribution in [-0.4, -0.2) is 31.9 Å². The van der Waals surface area contributed by atoms with E-state index in [1.807, 2.05) is 45.2 Å². The van der Waals surface area contributed by atoms with Crippen molar-refractivity contribution < 1.29 is 8.42 Å². The Balaban J connectivity index is 2.12. The zero-order valence-corrected chi connectivity index (χ0v) is 14.0. The SMILES string of the molecule is CNCc1ccc(CS(=O)(=O)N2C(C)CCCC2C)cc1. The Kier molecular flexibility index (Phi) is 5.41. The van der Waals surface area contributed by atoms with Crippen LogP contribution in [0.4, 0.5) is 0 Å². The molecule has 2 rings (SSSR count). The highest BCUT2D eigenvalue weighted by Gasteiger charge is 2.34. The molecule has 0 saturated carbocycles. The summed E-state index contributed by atoms with van der Waals surface area (Å²) in [4.78, 5) is 0. The van der Waals surface area contributed by atoms with Gasteiger partial charge < -0.3 is 5.32 Å². The maximum atomic E-state index is 12.7. The predicted octanol–water partition coefficient (Wildman–Crippen LogP) is 2.50. The maximum absolute atomic E-state index is 12.7. The molecule has 1 aliphatic heterocycles. The standard InChI is InChI=1S/C16H26N2O2S/c1-13-5-4-6-14(2)18(13)21(19,20)12-16-9-7-15(8-10-16)11-17-3/h7-10,13-14,17H,4-6,11-12H2,1-3H3. The Morgan fingerprint density at radius 1 is 1.10 bits per heavy atom. The van der Waals surface area contributed by atoms with Crippen molar-refractivity contribution in [1.82, 2.24) is 9.62 Å². The van der Waals surface area contributed by atoms with Gasteiger partial charge in [-0.05, 0) is 44.9 Å². The van der Waals surface area contributed by atoms with Crippen LogP contribution in [0.3, 0.4) is 0 Å². The molecule has 21 heavy (non-hydrogen) atoms. The number of rotatable bonds is 5. The number of sulfonamides is 1. The van der Waals surface area contributed by atoms with Crippen LogP contribution in [0.15, 0.2) is 24.3 Å². The summed E-state index contributed by atoms with van der Waals surface area (Å²) in [5.74, 6) is 0.0987. The minimum atomic E-state index is -3.24. The summed E-state index contributed by atoms with van der Waals surface area (Å²) in [7, 11) is -1.34. The number of nitrogens with one attached hydrogen (secondary N) is 1. The Morgan fingerprint density at radius 2 is 1.62 bits per heavy atom. The summed E-state index contributed by atoms with van der Waals surface area (Å²) in [5, 5.41) is 3.09. The lowest BCUT2D eigenvalue weighted by Gasteiger charge is -2.37. The third kappa shape index (κ3) is 4.05. The second-order valence-electron chi connectivity index (χ2n) is 6.06. The van der Waals surface area contributed by atoms with Gasteiger partial charge >= 0.3 is 0 Å². The van der Waals surface area contributed by atoms with E-state index in [-0.39, 0.29) is 17.8 Å².